The van der Waals surface area contributed by atoms with Gasteiger partial charge in [0.25, 0.3) is 0 Å². The van der Waals surface area contributed by atoms with E-state index in [1.807, 2.05) is 0 Å². The van der Waals surface area contributed by atoms with Crippen molar-refractivity contribution < 1.29 is 8.42 Å². The summed E-state index contributed by atoms with van der Waals surface area (Å²) in [6.45, 7) is 7.11. The van der Waals surface area contributed by atoms with Crippen LogP contribution in [0, 0.1) is 13.8 Å². The normalized spacial score (nSPS) is 12.3. The molecule has 0 unspecified atom stereocenters. The van der Waals surface area contributed by atoms with Crippen molar-refractivity contribution in [2.75, 3.05) is 6.54 Å². The van der Waals surface area contributed by atoms with Crippen LogP contribution in [0.4, 0.5) is 0 Å². The van der Waals surface area contributed by atoms with Gasteiger partial charge in [-0.2, -0.15) is 5.10 Å². The monoisotopic (exact) mass is 296 g/mol. The summed E-state index contributed by atoms with van der Waals surface area (Å²) in [6, 6.07) is 0. The molecule has 0 fully saturated rings. The molecule has 0 aliphatic rings. The molecule has 0 aliphatic heterocycles. The van der Waals surface area contributed by atoms with Gasteiger partial charge >= 0.3 is 0 Å². The van der Waals surface area contributed by atoms with Crippen molar-refractivity contribution >= 4 is 22.4 Å². The van der Waals surface area contributed by atoms with E-state index in [4.69, 9.17) is 5.73 Å². The number of aryl methyl sites for hydroxylation is 2. The molecular formula is C10H21ClN4O2S. The number of halogens is 1. The molecular weight excluding hydrogens is 276 g/mol. The van der Waals surface area contributed by atoms with E-state index in [2.05, 4.69) is 9.82 Å². The Labute approximate surface area is 114 Å². The molecule has 106 valence electrons. The minimum Gasteiger partial charge on any atom is -0.324 e. The third kappa shape index (κ3) is 3.94. The average Bonchev–Trinajstić information content (AvgIpc) is 2.37. The summed E-state index contributed by atoms with van der Waals surface area (Å²) >= 11 is 0. The van der Waals surface area contributed by atoms with E-state index < -0.39 is 15.6 Å². The Morgan fingerprint density at radius 1 is 1.39 bits per heavy atom. The highest BCUT2D eigenvalue weighted by Crippen LogP contribution is 2.18. The van der Waals surface area contributed by atoms with Gasteiger partial charge in [-0.05, 0) is 27.7 Å². The number of hydrogen-bond acceptors (Lipinski definition) is 4. The van der Waals surface area contributed by atoms with Crippen LogP contribution in [-0.4, -0.2) is 30.3 Å². The molecule has 0 bridgehead atoms. The zero-order valence-corrected chi connectivity index (χ0v) is 12.9. The molecule has 3 N–H and O–H groups in total. The predicted octanol–water partition coefficient (Wildman–Crippen LogP) is 0.474. The quantitative estimate of drug-likeness (QED) is 0.845. The first-order valence-corrected chi connectivity index (χ1v) is 6.81. The van der Waals surface area contributed by atoms with Gasteiger partial charge in [-0.15, -0.1) is 12.4 Å². The molecule has 1 aromatic heterocycles. The molecule has 0 amide bonds. The number of hydrogen-bond donors (Lipinski definition) is 2. The number of rotatable bonds is 4. The lowest BCUT2D eigenvalue weighted by atomic mass is 10.1. The van der Waals surface area contributed by atoms with E-state index in [0.717, 1.165) is 0 Å². The summed E-state index contributed by atoms with van der Waals surface area (Å²) in [6.07, 6.45) is 0. The van der Waals surface area contributed by atoms with Crippen LogP contribution >= 0.6 is 12.4 Å². The van der Waals surface area contributed by atoms with Crippen molar-refractivity contribution in [3.63, 3.8) is 0 Å². The van der Waals surface area contributed by atoms with Crippen molar-refractivity contribution in [1.29, 1.82) is 0 Å². The van der Waals surface area contributed by atoms with Crippen LogP contribution < -0.4 is 10.5 Å². The first-order valence-electron chi connectivity index (χ1n) is 5.33. The lowest BCUT2D eigenvalue weighted by Crippen LogP contribution is -2.45. The smallest absolute Gasteiger partial charge is 0.244 e. The molecule has 18 heavy (non-hydrogen) atoms. The van der Waals surface area contributed by atoms with E-state index in [1.54, 1.807) is 39.4 Å². The molecule has 6 nitrogen and oxygen atoms in total. The minimum absolute atomic E-state index is 0. The molecule has 0 atom stereocenters. The van der Waals surface area contributed by atoms with E-state index in [-0.39, 0.29) is 23.8 Å². The maximum Gasteiger partial charge on any atom is 0.244 e. The Morgan fingerprint density at radius 3 is 2.22 bits per heavy atom. The SMILES string of the molecule is Cc1nn(C)c(C)c1S(=O)(=O)NCC(C)(C)N.Cl. The molecule has 8 heteroatoms. The van der Waals surface area contributed by atoms with Gasteiger partial charge < -0.3 is 5.73 Å². The van der Waals surface area contributed by atoms with E-state index in [1.165, 1.54) is 0 Å². The van der Waals surface area contributed by atoms with E-state index in [0.29, 0.717) is 11.4 Å². The highest BCUT2D eigenvalue weighted by atomic mass is 35.5. The van der Waals surface area contributed by atoms with Gasteiger partial charge in [-0.1, -0.05) is 0 Å². The van der Waals surface area contributed by atoms with E-state index in [9.17, 15) is 8.42 Å². The Kier molecular flexibility index (Phi) is 5.37. The fraction of sp³-hybridized carbons (Fsp3) is 0.700. The molecule has 1 heterocycles. The summed E-state index contributed by atoms with van der Waals surface area (Å²) in [5.41, 5.74) is 6.28. The maximum atomic E-state index is 12.1. The molecule has 0 spiro atoms. The Hall–Kier alpha value is -0.630. The standard InChI is InChI=1S/C10H20N4O2S.ClH/c1-7-9(8(2)14(5)13-7)17(15,16)12-6-10(3,4)11;/h12H,6,11H2,1-5H3;1H. The van der Waals surface area contributed by atoms with E-state index >= 15 is 0 Å². The van der Waals surface area contributed by atoms with Crippen molar-refractivity contribution in [2.24, 2.45) is 12.8 Å². The van der Waals surface area contributed by atoms with Gasteiger partial charge in [0.2, 0.25) is 10.0 Å². The summed E-state index contributed by atoms with van der Waals surface area (Å²) in [7, 11) is -1.83. The second-order valence-corrected chi connectivity index (χ2v) is 6.64. The fourth-order valence-electron chi connectivity index (χ4n) is 1.50. The minimum atomic E-state index is -3.55. The Balaban J connectivity index is 0.00000289. The summed E-state index contributed by atoms with van der Waals surface area (Å²) in [4.78, 5) is 0.240. The second-order valence-electron chi connectivity index (χ2n) is 4.94. The first kappa shape index (κ1) is 17.4. The highest BCUT2D eigenvalue weighted by Gasteiger charge is 2.25. The summed E-state index contributed by atoms with van der Waals surface area (Å²) in [5.74, 6) is 0. The number of aromatic nitrogens is 2. The summed E-state index contributed by atoms with van der Waals surface area (Å²) < 4.78 is 28.3. The zero-order valence-electron chi connectivity index (χ0n) is 11.3. The number of nitrogens with two attached hydrogens (primary N) is 1. The fourth-order valence-corrected chi connectivity index (χ4v) is 3.15. The van der Waals surface area contributed by atoms with Crippen LogP contribution in [0.15, 0.2) is 4.90 Å². The van der Waals surface area contributed by atoms with Gasteiger partial charge in [0.05, 0.1) is 11.4 Å². The average molecular weight is 297 g/mol. The van der Waals surface area contributed by atoms with Crippen LogP contribution in [-0.2, 0) is 17.1 Å². The third-order valence-electron chi connectivity index (χ3n) is 2.43. The van der Waals surface area contributed by atoms with Crippen LogP contribution in [0.5, 0.6) is 0 Å². The van der Waals surface area contributed by atoms with Gasteiger partial charge in [0.1, 0.15) is 4.90 Å². The van der Waals surface area contributed by atoms with Crippen molar-refractivity contribution in [3.05, 3.63) is 11.4 Å². The van der Waals surface area contributed by atoms with Gasteiger partial charge in [0.15, 0.2) is 0 Å². The Morgan fingerprint density at radius 2 is 1.89 bits per heavy atom. The topological polar surface area (TPSA) is 90.0 Å². The second kappa shape index (κ2) is 5.56. The van der Waals surface area contributed by atoms with Crippen LogP contribution in [0.2, 0.25) is 0 Å². The number of sulfonamides is 1. The maximum absolute atomic E-state index is 12.1. The lowest BCUT2D eigenvalue weighted by molar-refractivity contribution is 0.497. The Bertz CT molecular complexity index is 517. The highest BCUT2D eigenvalue weighted by molar-refractivity contribution is 7.89. The molecule has 0 aliphatic carbocycles. The number of nitrogens with one attached hydrogen (secondary N) is 1. The van der Waals surface area contributed by atoms with Crippen LogP contribution in [0.25, 0.3) is 0 Å². The van der Waals surface area contributed by atoms with Crippen LogP contribution in [0.3, 0.4) is 0 Å². The largest absolute Gasteiger partial charge is 0.324 e. The predicted molar refractivity (Wildman–Crippen MR) is 73.4 cm³/mol. The number of nitrogens with zero attached hydrogens (tertiary/aromatic N) is 2. The van der Waals surface area contributed by atoms with Crippen LogP contribution in [0.1, 0.15) is 25.2 Å². The molecule has 1 rings (SSSR count). The molecule has 1 aromatic rings. The van der Waals surface area contributed by atoms with Crippen molar-refractivity contribution in [1.82, 2.24) is 14.5 Å². The molecule has 0 saturated heterocycles. The first-order chi connectivity index (χ1) is 7.54. The van der Waals surface area contributed by atoms with Gasteiger partial charge in [0, 0.05) is 19.1 Å². The summed E-state index contributed by atoms with van der Waals surface area (Å²) in [5, 5.41) is 4.09. The lowest BCUT2D eigenvalue weighted by Gasteiger charge is -2.19. The zero-order chi connectivity index (χ0) is 13.4. The molecule has 0 aromatic carbocycles. The van der Waals surface area contributed by atoms with Gasteiger partial charge in [-0.25, -0.2) is 13.1 Å². The molecule has 0 radical (unpaired) electrons. The van der Waals surface area contributed by atoms with Gasteiger partial charge in [-0.3, -0.25) is 4.68 Å². The third-order valence-corrected chi connectivity index (χ3v) is 4.08. The molecule has 0 saturated carbocycles. The van der Waals surface area contributed by atoms with Crippen molar-refractivity contribution in [2.45, 2.75) is 38.1 Å². The van der Waals surface area contributed by atoms with Crippen molar-refractivity contribution in [3.8, 4) is 0 Å².